The van der Waals surface area contributed by atoms with Crippen LogP contribution in [0.5, 0.6) is 5.75 Å². The molecule has 0 aliphatic rings. The van der Waals surface area contributed by atoms with Crippen molar-refractivity contribution in [2.45, 2.75) is 84.8 Å². The number of aliphatic hydroxyl groups is 1. The fourth-order valence-corrected chi connectivity index (χ4v) is 2.52. The highest BCUT2D eigenvalue weighted by atomic mass is 16.3. The lowest BCUT2D eigenvalue weighted by Crippen LogP contribution is -2.17. The summed E-state index contributed by atoms with van der Waals surface area (Å²) in [6.07, 6.45) is 1.98. The minimum Gasteiger partial charge on any atom is -0.507 e. The summed E-state index contributed by atoms with van der Waals surface area (Å²) in [4.78, 5) is 4.50. The van der Waals surface area contributed by atoms with Crippen molar-refractivity contribution in [1.82, 2.24) is 0 Å². The normalized spacial score (nSPS) is 15.9. The van der Waals surface area contributed by atoms with Crippen molar-refractivity contribution in [2.24, 2.45) is 4.99 Å². The summed E-state index contributed by atoms with van der Waals surface area (Å²) in [5.74, 6) is 0.304. The van der Waals surface area contributed by atoms with E-state index in [-0.39, 0.29) is 23.0 Å². The van der Waals surface area contributed by atoms with E-state index in [0.29, 0.717) is 12.2 Å². The molecule has 130 valence electrons. The van der Waals surface area contributed by atoms with Crippen molar-refractivity contribution < 1.29 is 10.2 Å². The molecular formula is C20H33NO2. The second-order valence-corrected chi connectivity index (χ2v) is 8.67. The molecule has 2 N–H and O–H groups in total. The van der Waals surface area contributed by atoms with Gasteiger partial charge in [-0.05, 0) is 42.7 Å². The van der Waals surface area contributed by atoms with Crippen LogP contribution in [-0.2, 0) is 10.8 Å². The molecule has 1 rings (SSSR count). The van der Waals surface area contributed by atoms with Crippen molar-refractivity contribution in [1.29, 1.82) is 0 Å². The molecular weight excluding hydrogens is 286 g/mol. The lowest BCUT2D eigenvalue weighted by Gasteiger charge is -2.27. The SMILES string of the molecule is CC(O)CC(C)N=Cc1cc(C(C)(C)C)cc(C(C)(C)C)c1O. The Hall–Kier alpha value is -1.35. The highest BCUT2D eigenvalue weighted by Gasteiger charge is 2.24. The Morgan fingerprint density at radius 3 is 2.04 bits per heavy atom. The lowest BCUT2D eigenvalue weighted by molar-refractivity contribution is 0.177. The molecule has 2 unspecified atom stereocenters. The van der Waals surface area contributed by atoms with Gasteiger partial charge in [0.25, 0.3) is 0 Å². The fraction of sp³-hybridized carbons (Fsp3) is 0.650. The van der Waals surface area contributed by atoms with Crippen LogP contribution in [0.2, 0.25) is 0 Å². The number of benzene rings is 1. The summed E-state index contributed by atoms with van der Waals surface area (Å²) < 4.78 is 0. The molecule has 0 saturated carbocycles. The average molecular weight is 319 g/mol. The Balaban J connectivity index is 3.33. The number of hydrogen-bond acceptors (Lipinski definition) is 3. The molecule has 0 aromatic heterocycles. The van der Waals surface area contributed by atoms with Crippen LogP contribution in [0.4, 0.5) is 0 Å². The van der Waals surface area contributed by atoms with Crippen LogP contribution in [0.25, 0.3) is 0 Å². The second-order valence-electron chi connectivity index (χ2n) is 8.67. The van der Waals surface area contributed by atoms with Crippen LogP contribution in [0, 0.1) is 0 Å². The number of phenolic OH excluding ortho intramolecular Hbond substituents is 1. The third kappa shape index (κ3) is 5.65. The molecule has 0 heterocycles. The Kier molecular flexibility index (Phi) is 6.03. The van der Waals surface area contributed by atoms with Gasteiger partial charge in [-0.25, -0.2) is 0 Å². The van der Waals surface area contributed by atoms with Gasteiger partial charge < -0.3 is 10.2 Å². The van der Waals surface area contributed by atoms with E-state index in [1.54, 1.807) is 13.1 Å². The zero-order chi connectivity index (χ0) is 18.0. The molecule has 0 amide bonds. The van der Waals surface area contributed by atoms with E-state index in [9.17, 15) is 10.2 Å². The lowest BCUT2D eigenvalue weighted by atomic mass is 9.79. The molecule has 2 atom stereocenters. The van der Waals surface area contributed by atoms with Crippen molar-refractivity contribution in [3.63, 3.8) is 0 Å². The minimum atomic E-state index is -0.373. The van der Waals surface area contributed by atoms with Crippen molar-refractivity contribution in [3.8, 4) is 5.75 Å². The Morgan fingerprint density at radius 2 is 1.61 bits per heavy atom. The number of nitrogens with zero attached hydrogens (tertiary/aromatic N) is 1. The van der Waals surface area contributed by atoms with Gasteiger partial charge in [0.05, 0.1) is 6.10 Å². The number of hydrogen-bond donors (Lipinski definition) is 2. The molecule has 0 aliphatic heterocycles. The van der Waals surface area contributed by atoms with E-state index in [2.05, 4.69) is 52.6 Å². The molecule has 0 aliphatic carbocycles. The van der Waals surface area contributed by atoms with Crippen LogP contribution in [-0.4, -0.2) is 28.6 Å². The monoisotopic (exact) mass is 319 g/mol. The van der Waals surface area contributed by atoms with Gasteiger partial charge in [0.15, 0.2) is 0 Å². The molecule has 0 saturated heterocycles. The zero-order valence-electron chi connectivity index (χ0n) is 15.9. The van der Waals surface area contributed by atoms with Gasteiger partial charge in [0, 0.05) is 23.4 Å². The third-order valence-corrected chi connectivity index (χ3v) is 3.96. The topological polar surface area (TPSA) is 52.8 Å². The van der Waals surface area contributed by atoms with E-state index in [1.165, 1.54) is 5.56 Å². The summed E-state index contributed by atoms with van der Waals surface area (Å²) in [6, 6.07) is 4.14. The largest absolute Gasteiger partial charge is 0.507 e. The summed E-state index contributed by atoms with van der Waals surface area (Å²) in [5, 5.41) is 20.1. The summed E-state index contributed by atoms with van der Waals surface area (Å²) in [6.45, 7) is 16.6. The van der Waals surface area contributed by atoms with Crippen LogP contribution >= 0.6 is 0 Å². The molecule has 3 nitrogen and oxygen atoms in total. The molecule has 0 fully saturated rings. The first-order valence-corrected chi connectivity index (χ1v) is 8.41. The predicted octanol–water partition coefficient (Wildman–Crippen LogP) is 4.57. The maximum atomic E-state index is 10.7. The highest BCUT2D eigenvalue weighted by Crippen LogP contribution is 2.37. The number of aliphatic imine (C=N–C) groups is 1. The highest BCUT2D eigenvalue weighted by molar-refractivity contribution is 5.85. The molecule has 3 heteroatoms. The van der Waals surface area contributed by atoms with Crippen LogP contribution in [0.15, 0.2) is 17.1 Å². The van der Waals surface area contributed by atoms with E-state index in [0.717, 1.165) is 11.1 Å². The van der Waals surface area contributed by atoms with Crippen LogP contribution in [0.1, 0.15) is 78.5 Å². The van der Waals surface area contributed by atoms with Gasteiger partial charge in [-0.15, -0.1) is 0 Å². The zero-order valence-corrected chi connectivity index (χ0v) is 15.9. The smallest absolute Gasteiger partial charge is 0.128 e. The van der Waals surface area contributed by atoms with E-state index in [1.807, 2.05) is 13.0 Å². The van der Waals surface area contributed by atoms with Gasteiger partial charge >= 0.3 is 0 Å². The molecule has 1 aromatic rings. The van der Waals surface area contributed by atoms with Crippen molar-refractivity contribution >= 4 is 6.21 Å². The average Bonchev–Trinajstić information content (AvgIpc) is 2.33. The van der Waals surface area contributed by atoms with Crippen LogP contribution < -0.4 is 0 Å². The fourth-order valence-electron chi connectivity index (χ4n) is 2.52. The molecule has 0 bridgehead atoms. The van der Waals surface area contributed by atoms with Crippen LogP contribution in [0.3, 0.4) is 0 Å². The quantitative estimate of drug-likeness (QED) is 0.799. The van der Waals surface area contributed by atoms with E-state index < -0.39 is 0 Å². The molecule has 1 aromatic carbocycles. The standard InChI is InChI=1S/C20H33NO2/c1-13(9-14(2)22)21-12-15-10-16(19(3,4)5)11-17(18(15)23)20(6,7)8/h10-14,22-23H,9H2,1-8H3. The number of rotatable bonds is 4. The first kappa shape index (κ1) is 19.7. The van der Waals surface area contributed by atoms with Gasteiger partial charge in [-0.2, -0.15) is 0 Å². The maximum Gasteiger partial charge on any atom is 0.128 e. The van der Waals surface area contributed by atoms with E-state index in [4.69, 9.17) is 0 Å². The number of aromatic hydroxyl groups is 1. The van der Waals surface area contributed by atoms with Gasteiger partial charge in [-0.1, -0.05) is 47.6 Å². The van der Waals surface area contributed by atoms with Crippen molar-refractivity contribution in [2.75, 3.05) is 0 Å². The van der Waals surface area contributed by atoms with Crippen molar-refractivity contribution in [3.05, 3.63) is 28.8 Å². The summed E-state index contributed by atoms with van der Waals surface area (Å²) in [7, 11) is 0. The third-order valence-electron chi connectivity index (χ3n) is 3.96. The number of phenols is 1. The van der Waals surface area contributed by atoms with Gasteiger partial charge in [0.2, 0.25) is 0 Å². The molecule has 0 radical (unpaired) electrons. The van der Waals surface area contributed by atoms with E-state index >= 15 is 0 Å². The predicted molar refractivity (Wildman–Crippen MR) is 98.9 cm³/mol. The van der Waals surface area contributed by atoms with Gasteiger partial charge in [-0.3, -0.25) is 4.99 Å². The Bertz CT molecular complexity index is 560. The second kappa shape index (κ2) is 7.04. The Morgan fingerprint density at radius 1 is 1.04 bits per heavy atom. The first-order valence-electron chi connectivity index (χ1n) is 8.41. The Labute approximate surface area is 141 Å². The molecule has 23 heavy (non-hydrogen) atoms. The minimum absolute atomic E-state index is 0.00151. The van der Waals surface area contributed by atoms with Gasteiger partial charge in [0.1, 0.15) is 5.75 Å². The first-order chi connectivity index (χ1) is 10.3. The maximum absolute atomic E-state index is 10.7. The summed E-state index contributed by atoms with van der Waals surface area (Å²) in [5.41, 5.74) is 2.74. The summed E-state index contributed by atoms with van der Waals surface area (Å²) >= 11 is 0. The molecule has 0 spiro atoms. The number of aliphatic hydroxyl groups excluding tert-OH is 1.